The average Bonchev–Trinajstić information content (AvgIpc) is 2.78. The van der Waals surface area contributed by atoms with Crippen LogP contribution >= 0.6 is 0 Å². The molecule has 0 saturated heterocycles. The van der Waals surface area contributed by atoms with Gasteiger partial charge in [-0.2, -0.15) is 0 Å². The first kappa shape index (κ1) is 25.7. The zero-order valence-corrected chi connectivity index (χ0v) is 19.5. The van der Waals surface area contributed by atoms with Gasteiger partial charge in [-0.15, -0.1) is 0 Å². The highest BCUT2D eigenvalue weighted by Crippen LogP contribution is 2.25. The van der Waals surface area contributed by atoms with Crippen LogP contribution in [-0.4, -0.2) is 47.0 Å². The van der Waals surface area contributed by atoms with Crippen molar-refractivity contribution in [2.45, 2.75) is 70.1 Å². The molecule has 0 radical (unpaired) electrons. The Balaban J connectivity index is 0.00000363. The van der Waals surface area contributed by atoms with E-state index in [1.54, 1.807) is 13.2 Å². The van der Waals surface area contributed by atoms with E-state index in [9.17, 15) is 0 Å². The molecular weight excluding hydrogens is 404 g/mol. The van der Waals surface area contributed by atoms with Crippen molar-refractivity contribution in [1.82, 2.24) is 20.7 Å². The van der Waals surface area contributed by atoms with Crippen LogP contribution in [0.25, 0.3) is 0 Å². The first-order valence-corrected chi connectivity index (χ1v) is 11.0. The Hall–Kier alpha value is -2.59. The normalized spacial score (nSPS) is 21.0. The Bertz CT molecular complexity index is 884. The molecule has 176 valence electrons. The SMILES string of the molecule is CNC(N)C(C)(C=N)c1ccnc(NC2CCC(NNc3ccc(C)cc3C)CC2)n1.O. The van der Waals surface area contributed by atoms with Gasteiger partial charge in [-0.25, -0.2) is 15.4 Å². The van der Waals surface area contributed by atoms with Gasteiger partial charge in [-0.3, -0.25) is 0 Å². The number of nitrogens with two attached hydrogens (primary N) is 1. The predicted molar refractivity (Wildman–Crippen MR) is 131 cm³/mol. The number of hydrogen-bond acceptors (Lipinski definition) is 8. The Morgan fingerprint density at radius 3 is 2.47 bits per heavy atom. The van der Waals surface area contributed by atoms with E-state index in [-0.39, 0.29) is 5.48 Å². The summed E-state index contributed by atoms with van der Waals surface area (Å²) in [5, 5.41) is 14.4. The van der Waals surface area contributed by atoms with Crippen molar-refractivity contribution in [2.75, 3.05) is 17.8 Å². The van der Waals surface area contributed by atoms with Crippen LogP contribution in [0.5, 0.6) is 0 Å². The monoisotopic (exact) mass is 442 g/mol. The Morgan fingerprint density at radius 2 is 1.84 bits per heavy atom. The maximum absolute atomic E-state index is 7.86. The lowest BCUT2D eigenvalue weighted by Crippen LogP contribution is -2.52. The summed E-state index contributed by atoms with van der Waals surface area (Å²) in [6, 6.07) is 9.02. The molecule has 9 heteroatoms. The molecule has 0 spiro atoms. The highest BCUT2D eigenvalue weighted by molar-refractivity contribution is 5.70. The van der Waals surface area contributed by atoms with Crippen LogP contribution in [0.1, 0.15) is 49.4 Å². The second-order valence-electron chi connectivity index (χ2n) is 8.74. The first-order chi connectivity index (χ1) is 14.9. The number of hydrogen-bond donors (Lipinski definition) is 6. The summed E-state index contributed by atoms with van der Waals surface area (Å²) in [6.07, 6.45) is 6.89. The Labute approximate surface area is 190 Å². The van der Waals surface area contributed by atoms with Gasteiger partial charge in [0.1, 0.15) is 0 Å². The fraction of sp³-hybridized carbons (Fsp3) is 0.522. The fourth-order valence-corrected chi connectivity index (χ4v) is 4.05. The van der Waals surface area contributed by atoms with Crippen LogP contribution in [-0.2, 0) is 5.41 Å². The van der Waals surface area contributed by atoms with Crippen LogP contribution in [0.3, 0.4) is 0 Å². The molecule has 1 aliphatic rings. The third-order valence-corrected chi connectivity index (χ3v) is 6.32. The lowest BCUT2D eigenvalue weighted by Gasteiger charge is -2.32. The summed E-state index contributed by atoms with van der Waals surface area (Å²) in [5.41, 5.74) is 16.7. The summed E-state index contributed by atoms with van der Waals surface area (Å²) in [6.45, 7) is 6.14. The first-order valence-electron chi connectivity index (χ1n) is 11.0. The van der Waals surface area contributed by atoms with Crippen molar-refractivity contribution >= 4 is 17.9 Å². The molecule has 2 aromatic rings. The minimum Gasteiger partial charge on any atom is -0.412 e. The average molecular weight is 443 g/mol. The number of nitrogens with one attached hydrogen (secondary N) is 5. The molecule has 1 aliphatic carbocycles. The maximum Gasteiger partial charge on any atom is 0.223 e. The quantitative estimate of drug-likeness (QED) is 0.197. The second-order valence-corrected chi connectivity index (χ2v) is 8.74. The standard InChI is InChI=1S/C23H36N8.H2O/c1-15-5-10-19(16(2)13-15)31-30-18-8-6-17(7-9-18)28-22-27-12-11-20(29-22)23(3,14-24)21(25)26-4;/h5,10-14,17-18,21,24,26,30-31H,6-9,25H2,1-4H3,(H,27,28,29);1H2. The summed E-state index contributed by atoms with van der Waals surface area (Å²) >= 11 is 0. The van der Waals surface area contributed by atoms with Gasteiger partial charge >= 0.3 is 0 Å². The van der Waals surface area contributed by atoms with E-state index in [2.05, 4.69) is 63.5 Å². The molecule has 3 rings (SSSR count). The van der Waals surface area contributed by atoms with Crippen molar-refractivity contribution in [3.63, 3.8) is 0 Å². The van der Waals surface area contributed by atoms with Crippen molar-refractivity contribution in [3.05, 3.63) is 47.3 Å². The maximum atomic E-state index is 7.86. The molecule has 1 aromatic carbocycles. The van der Waals surface area contributed by atoms with Crippen molar-refractivity contribution in [2.24, 2.45) is 5.73 Å². The number of nitrogens with zero attached hydrogens (tertiary/aromatic N) is 2. The molecule has 1 aromatic heterocycles. The summed E-state index contributed by atoms with van der Waals surface area (Å²) < 4.78 is 0. The minimum atomic E-state index is -0.699. The van der Waals surface area contributed by atoms with Gasteiger partial charge in [0.05, 0.1) is 23.0 Å². The topological polar surface area (TPSA) is 155 Å². The highest BCUT2D eigenvalue weighted by Gasteiger charge is 2.33. The van der Waals surface area contributed by atoms with Crippen LogP contribution in [0.2, 0.25) is 0 Å². The van der Waals surface area contributed by atoms with Crippen molar-refractivity contribution in [1.29, 1.82) is 5.41 Å². The van der Waals surface area contributed by atoms with Gasteiger partial charge in [0.15, 0.2) is 0 Å². The number of likely N-dealkylation sites (N-methyl/N-ethyl adjacent to an activating group) is 1. The van der Waals surface area contributed by atoms with Gasteiger partial charge in [0.2, 0.25) is 5.95 Å². The highest BCUT2D eigenvalue weighted by atomic mass is 16.0. The van der Waals surface area contributed by atoms with Crippen molar-refractivity contribution in [3.8, 4) is 0 Å². The molecule has 0 bridgehead atoms. The van der Waals surface area contributed by atoms with Crippen LogP contribution in [0.15, 0.2) is 30.5 Å². The number of anilines is 2. The fourth-order valence-electron chi connectivity index (χ4n) is 4.05. The molecule has 2 unspecified atom stereocenters. The van der Waals surface area contributed by atoms with Crippen LogP contribution in [0.4, 0.5) is 11.6 Å². The van der Waals surface area contributed by atoms with Gasteiger partial charge in [-0.05, 0) is 71.2 Å². The second kappa shape index (κ2) is 11.3. The van der Waals surface area contributed by atoms with E-state index < -0.39 is 11.6 Å². The number of rotatable bonds is 9. The lowest BCUT2D eigenvalue weighted by molar-refractivity contribution is 0.369. The Kier molecular flexibility index (Phi) is 9.09. The summed E-state index contributed by atoms with van der Waals surface area (Å²) in [4.78, 5) is 9.06. The van der Waals surface area contributed by atoms with Gasteiger partial charge in [0, 0.05) is 24.5 Å². The van der Waals surface area contributed by atoms with Crippen molar-refractivity contribution < 1.29 is 5.48 Å². The number of aromatic nitrogens is 2. The van der Waals surface area contributed by atoms with Crippen LogP contribution < -0.4 is 27.2 Å². The van der Waals surface area contributed by atoms with E-state index in [0.717, 1.165) is 37.1 Å². The van der Waals surface area contributed by atoms with Gasteiger partial charge in [-0.1, -0.05) is 17.7 Å². The molecule has 9 nitrogen and oxygen atoms in total. The smallest absolute Gasteiger partial charge is 0.223 e. The molecule has 1 fully saturated rings. The molecule has 1 saturated carbocycles. The third-order valence-electron chi connectivity index (χ3n) is 6.32. The largest absolute Gasteiger partial charge is 0.412 e. The number of hydrazine groups is 1. The molecule has 1 heterocycles. The molecule has 9 N–H and O–H groups in total. The third kappa shape index (κ3) is 6.01. The predicted octanol–water partition coefficient (Wildman–Crippen LogP) is 2.02. The van der Waals surface area contributed by atoms with Gasteiger partial charge in [0.25, 0.3) is 0 Å². The molecule has 2 atom stereocenters. The zero-order chi connectivity index (χ0) is 22.4. The molecule has 0 amide bonds. The number of aryl methyl sites for hydroxylation is 2. The van der Waals surface area contributed by atoms with E-state index in [1.165, 1.54) is 17.3 Å². The summed E-state index contributed by atoms with van der Waals surface area (Å²) in [7, 11) is 1.79. The lowest BCUT2D eigenvalue weighted by atomic mass is 9.84. The van der Waals surface area contributed by atoms with E-state index in [1.807, 2.05) is 13.0 Å². The molecular formula is C23H38N8O. The molecule has 0 aliphatic heterocycles. The van der Waals surface area contributed by atoms with E-state index >= 15 is 0 Å². The van der Waals surface area contributed by atoms with Gasteiger partial charge < -0.3 is 32.7 Å². The Morgan fingerprint density at radius 1 is 1.16 bits per heavy atom. The van der Waals surface area contributed by atoms with E-state index in [4.69, 9.17) is 11.1 Å². The summed E-state index contributed by atoms with van der Waals surface area (Å²) in [5.74, 6) is 0.596. The van der Waals surface area contributed by atoms with Crippen LogP contribution in [0, 0.1) is 19.3 Å². The zero-order valence-electron chi connectivity index (χ0n) is 19.5. The number of benzene rings is 1. The van der Waals surface area contributed by atoms with E-state index in [0.29, 0.717) is 18.0 Å². The minimum absolute atomic E-state index is 0. The molecule has 32 heavy (non-hydrogen) atoms.